The van der Waals surface area contributed by atoms with E-state index in [1.807, 2.05) is 6.20 Å². The van der Waals surface area contributed by atoms with Crippen LogP contribution in [-0.2, 0) is 0 Å². The van der Waals surface area contributed by atoms with E-state index in [0.717, 1.165) is 25.3 Å². The smallest absolute Gasteiger partial charge is 0.137 e. The highest BCUT2D eigenvalue weighted by Gasteiger charge is 2.46. The molecule has 0 bridgehead atoms. The Morgan fingerprint density at radius 3 is 3.00 bits per heavy atom. The van der Waals surface area contributed by atoms with Crippen molar-refractivity contribution in [1.29, 1.82) is 0 Å². The summed E-state index contributed by atoms with van der Waals surface area (Å²) in [4.78, 5) is 4.29. The van der Waals surface area contributed by atoms with E-state index in [2.05, 4.69) is 23.3 Å². The summed E-state index contributed by atoms with van der Waals surface area (Å²) in [5, 5.41) is 12.4. The minimum absolute atomic E-state index is 0.280. The molecule has 1 aliphatic heterocycles. The molecule has 1 aromatic heterocycles. The van der Waals surface area contributed by atoms with Crippen LogP contribution < -0.4 is 10.1 Å². The third-order valence-corrected chi connectivity index (χ3v) is 4.52. The number of nitrogens with one attached hydrogen (secondary N) is 1. The number of aliphatic hydroxyl groups excluding tert-OH is 1. The van der Waals surface area contributed by atoms with Gasteiger partial charge in [0.25, 0.3) is 0 Å². The molecule has 1 saturated carbocycles. The van der Waals surface area contributed by atoms with Crippen molar-refractivity contribution >= 4 is 0 Å². The highest BCUT2D eigenvalue weighted by Crippen LogP contribution is 2.55. The third-order valence-electron chi connectivity index (χ3n) is 4.52. The number of rotatable bonds is 6. The summed E-state index contributed by atoms with van der Waals surface area (Å²) < 4.78 is 5.78. The third kappa shape index (κ3) is 2.74. The average molecular weight is 262 g/mol. The van der Waals surface area contributed by atoms with Crippen LogP contribution in [0.25, 0.3) is 0 Å². The van der Waals surface area contributed by atoms with Crippen molar-refractivity contribution in [3.63, 3.8) is 0 Å². The van der Waals surface area contributed by atoms with E-state index in [0.29, 0.717) is 23.8 Å². The summed E-state index contributed by atoms with van der Waals surface area (Å²) in [6, 6.07) is 2.62. The van der Waals surface area contributed by atoms with E-state index in [-0.39, 0.29) is 6.61 Å². The molecular weight excluding hydrogens is 240 g/mol. The van der Waals surface area contributed by atoms with E-state index in [1.165, 1.54) is 12.0 Å². The summed E-state index contributed by atoms with van der Waals surface area (Å²) in [7, 11) is 0. The maximum atomic E-state index is 9.05. The molecule has 0 aromatic carbocycles. The zero-order valence-corrected chi connectivity index (χ0v) is 11.4. The lowest BCUT2D eigenvalue weighted by Crippen LogP contribution is -2.46. The van der Waals surface area contributed by atoms with Crippen molar-refractivity contribution in [1.82, 2.24) is 10.3 Å². The van der Waals surface area contributed by atoms with Crippen LogP contribution in [0.15, 0.2) is 18.5 Å². The Morgan fingerprint density at radius 2 is 2.32 bits per heavy atom. The summed E-state index contributed by atoms with van der Waals surface area (Å²) in [5.41, 5.74) is 1.25. The second-order valence-electron chi connectivity index (χ2n) is 5.77. The lowest BCUT2D eigenvalue weighted by Gasteiger charge is -2.27. The number of hydrogen-bond donors (Lipinski definition) is 2. The molecule has 1 aliphatic carbocycles. The molecule has 4 unspecified atom stereocenters. The molecule has 2 aliphatic rings. The summed E-state index contributed by atoms with van der Waals surface area (Å²) in [6.07, 6.45) is 5.82. The molecule has 1 saturated heterocycles. The van der Waals surface area contributed by atoms with Crippen molar-refractivity contribution in [3.05, 3.63) is 24.0 Å². The van der Waals surface area contributed by atoms with Gasteiger partial charge in [-0.15, -0.1) is 0 Å². The van der Waals surface area contributed by atoms with Gasteiger partial charge in [0, 0.05) is 18.8 Å². The largest absolute Gasteiger partial charge is 0.490 e. The van der Waals surface area contributed by atoms with Crippen molar-refractivity contribution in [2.45, 2.75) is 31.7 Å². The van der Waals surface area contributed by atoms with Gasteiger partial charge in [-0.25, -0.2) is 0 Å². The standard InChI is InChI=1S/C15H22N2O2/c1-10-14(3-5-18)15(10)11-6-13(8-16-7-11)19-9-12-2-4-17-12/h6-8,10,12,14-15,17-18H,2-5,9H2,1H3. The van der Waals surface area contributed by atoms with Gasteiger partial charge in [0.2, 0.25) is 0 Å². The number of ether oxygens (including phenoxy) is 1. The van der Waals surface area contributed by atoms with Crippen LogP contribution in [0.4, 0.5) is 0 Å². The number of pyridine rings is 1. The first-order valence-electron chi connectivity index (χ1n) is 7.21. The van der Waals surface area contributed by atoms with Crippen LogP contribution >= 0.6 is 0 Å². The Balaban J connectivity index is 1.60. The van der Waals surface area contributed by atoms with E-state index in [1.54, 1.807) is 6.20 Å². The predicted octanol–water partition coefficient (Wildman–Crippen LogP) is 1.55. The second-order valence-corrected chi connectivity index (χ2v) is 5.77. The van der Waals surface area contributed by atoms with Crippen LogP contribution in [0, 0.1) is 11.8 Å². The average Bonchev–Trinajstić information content (AvgIpc) is 2.99. The summed E-state index contributed by atoms with van der Waals surface area (Å²) in [6.45, 7) is 4.36. The lowest BCUT2D eigenvalue weighted by atomic mass is 10.1. The maximum Gasteiger partial charge on any atom is 0.137 e. The predicted molar refractivity (Wildman–Crippen MR) is 73.2 cm³/mol. The fourth-order valence-corrected chi connectivity index (χ4v) is 3.07. The highest BCUT2D eigenvalue weighted by atomic mass is 16.5. The molecule has 2 fully saturated rings. The Labute approximate surface area is 114 Å². The molecule has 0 amide bonds. The fourth-order valence-electron chi connectivity index (χ4n) is 3.07. The number of aliphatic hydroxyl groups is 1. The number of aromatic nitrogens is 1. The van der Waals surface area contributed by atoms with E-state index >= 15 is 0 Å². The molecular formula is C15H22N2O2. The first-order valence-corrected chi connectivity index (χ1v) is 7.21. The molecule has 4 heteroatoms. The van der Waals surface area contributed by atoms with Gasteiger partial charge < -0.3 is 15.2 Å². The Hall–Kier alpha value is -1.13. The molecule has 1 aromatic rings. The SMILES string of the molecule is CC1C(CCO)C1c1cncc(OCC2CCN2)c1. The molecule has 4 atom stereocenters. The van der Waals surface area contributed by atoms with E-state index in [4.69, 9.17) is 9.84 Å². The van der Waals surface area contributed by atoms with Gasteiger partial charge in [-0.1, -0.05) is 6.92 Å². The highest BCUT2D eigenvalue weighted by molar-refractivity contribution is 5.31. The molecule has 3 rings (SSSR count). The van der Waals surface area contributed by atoms with Crippen molar-refractivity contribution in [3.8, 4) is 5.75 Å². The molecule has 4 nitrogen and oxygen atoms in total. The van der Waals surface area contributed by atoms with Gasteiger partial charge in [-0.2, -0.15) is 0 Å². The monoisotopic (exact) mass is 262 g/mol. The first kappa shape index (κ1) is 12.9. The van der Waals surface area contributed by atoms with Gasteiger partial charge >= 0.3 is 0 Å². The lowest BCUT2D eigenvalue weighted by molar-refractivity contribution is 0.216. The van der Waals surface area contributed by atoms with Crippen LogP contribution in [0.3, 0.4) is 0 Å². The first-order chi connectivity index (χ1) is 9.29. The van der Waals surface area contributed by atoms with Crippen molar-refractivity contribution in [2.24, 2.45) is 11.8 Å². The number of nitrogens with zero attached hydrogens (tertiary/aromatic N) is 1. The Bertz CT molecular complexity index is 434. The fraction of sp³-hybridized carbons (Fsp3) is 0.667. The molecule has 19 heavy (non-hydrogen) atoms. The van der Waals surface area contributed by atoms with Crippen LogP contribution in [-0.4, -0.2) is 35.9 Å². The summed E-state index contributed by atoms with van der Waals surface area (Å²) in [5.74, 6) is 2.67. The van der Waals surface area contributed by atoms with Crippen LogP contribution in [0.1, 0.15) is 31.2 Å². The van der Waals surface area contributed by atoms with E-state index in [9.17, 15) is 0 Å². The topological polar surface area (TPSA) is 54.4 Å². The molecule has 2 heterocycles. The zero-order valence-electron chi connectivity index (χ0n) is 11.4. The van der Waals surface area contributed by atoms with Gasteiger partial charge in [0.15, 0.2) is 0 Å². The van der Waals surface area contributed by atoms with E-state index < -0.39 is 0 Å². The molecule has 0 radical (unpaired) electrons. The zero-order chi connectivity index (χ0) is 13.2. The summed E-state index contributed by atoms with van der Waals surface area (Å²) >= 11 is 0. The van der Waals surface area contributed by atoms with Crippen LogP contribution in [0.2, 0.25) is 0 Å². The Morgan fingerprint density at radius 1 is 1.47 bits per heavy atom. The maximum absolute atomic E-state index is 9.05. The van der Waals surface area contributed by atoms with Crippen LogP contribution in [0.5, 0.6) is 5.75 Å². The van der Waals surface area contributed by atoms with Gasteiger partial charge in [-0.05, 0) is 48.8 Å². The minimum Gasteiger partial charge on any atom is -0.490 e. The molecule has 0 spiro atoms. The van der Waals surface area contributed by atoms with Crippen molar-refractivity contribution < 1.29 is 9.84 Å². The molecule has 104 valence electrons. The minimum atomic E-state index is 0.280. The van der Waals surface area contributed by atoms with Gasteiger partial charge in [-0.3, -0.25) is 4.98 Å². The normalized spacial score (nSPS) is 32.7. The van der Waals surface area contributed by atoms with Crippen molar-refractivity contribution in [2.75, 3.05) is 19.8 Å². The van der Waals surface area contributed by atoms with Gasteiger partial charge in [0.05, 0.1) is 6.20 Å². The number of hydrogen-bond acceptors (Lipinski definition) is 4. The second kappa shape index (κ2) is 5.47. The van der Waals surface area contributed by atoms with Gasteiger partial charge in [0.1, 0.15) is 12.4 Å². The molecule has 2 N–H and O–H groups in total. The Kier molecular flexibility index (Phi) is 3.71. The quantitative estimate of drug-likeness (QED) is 0.817.